The third kappa shape index (κ3) is 5.94. The zero-order valence-electron chi connectivity index (χ0n) is 19.1. The van der Waals surface area contributed by atoms with Crippen molar-refractivity contribution in [2.75, 3.05) is 45.2 Å². The number of anilines is 1. The highest BCUT2D eigenvalue weighted by atomic mass is 35.5. The van der Waals surface area contributed by atoms with Gasteiger partial charge in [-0.1, -0.05) is 40.9 Å². The molecule has 2 aliphatic heterocycles. The average molecular weight is 527 g/mol. The Kier molecular flexibility index (Phi) is 8.40. The number of piperidine rings is 2. The Hall–Kier alpha value is -1.11. The molecular formula is C25H30Cl3N3OS. The van der Waals surface area contributed by atoms with E-state index in [-0.39, 0.29) is 5.91 Å². The van der Waals surface area contributed by atoms with Crippen LogP contribution in [0.4, 0.5) is 5.69 Å². The summed E-state index contributed by atoms with van der Waals surface area (Å²) < 4.78 is 2.40. The van der Waals surface area contributed by atoms with Crippen molar-refractivity contribution in [3.05, 3.63) is 57.0 Å². The predicted molar refractivity (Wildman–Crippen MR) is 141 cm³/mol. The number of rotatable bonds is 5. The number of hydrogen-bond donors (Lipinski definition) is 0. The molecule has 2 aromatic rings. The number of carbonyl (C=O) groups excluding carboxylic acids is 1. The molecule has 4 nitrogen and oxygen atoms in total. The van der Waals surface area contributed by atoms with Gasteiger partial charge in [-0.3, -0.25) is 4.79 Å². The molecule has 0 radical (unpaired) electrons. The lowest BCUT2D eigenvalue weighted by Crippen LogP contribution is -2.39. The molecule has 33 heavy (non-hydrogen) atoms. The second kappa shape index (κ2) is 11.1. The minimum Gasteiger partial charge on any atom is -0.371 e. The van der Waals surface area contributed by atoms with Gasteiger partial charge in [-0.2, -0.15) is 0 Å². The molecule has 4 rings (SSSR count). The predicted octanol–water partition coefficient (Wildman–Crippen LogP) is 6.98. The van der Waals surface area contributed by atoms with Gasteiger partial charge in [0.05, 0.1) is 25.5 Å². The van der Waals surface area contributed by atoms with E-state index in [1.807, 2.05) is 36.4 Å². The summed E-state index contributed by atoms with van der Waals surface area (Å²) in [6.45, 7) is 4.19. The molecular weight excluding hydrogens is 497 g/mol. The van der Waals surface area contributed by atoms with Crippen molar-refractivity contribution in [1.29, 1.82) is 0 Å². The van der Waals surface area contributed by atoms with Gasteiger partial charge in [0, 0.05) is 46.0 Å². The highest BCUT2D eigenvalue weighted by molar-refractivity contribution is 7.97. The van der Waals surface area contributed by atoms with Crippen molar-refractivity contribution in [2.45, 2.75) is 30.6 Å². The van der Waals surface area contributed by atoms with Crippen LogP contribution in [-0.2, 0) is 0 Å². The fraction of sp³-hybridized carbons (Fsp3) is 0.480. The Labute approximate surface area is 216 Å². The van der Waals surface area contributed by atoms with E-state index >= 15 is 0 Å². The molecule has 0 aliphatic carbocycles. The first kappa shape index (κ1) is 25.0. The van der Waals surface area contributed by atoms with Gasteiger partial charge in [-0.05, 0) is 79.8 Å². The van der Waals surface area contributed by atoms with E-state index in [2.05, 4.69) is 9.21 Å². The SMILES string of the molecule is CN(C)C(=O)c1ccc(N2CCC(C3CCN(Sc4c(Cl)cccc4Cl)CC3)CC2)cc1Cl. The summed E-state index contributed by atoms with van der Waals surface area (Å²) in [5, 5.41) is 1.97. The molecule has 0 spiro atoms. The van der Waals surface area contributed by atoms with E-state index in [9.17, 15) is 4.79 Å². The van der Waals surface area contributed by atoms with E-state index in [4.69, 9.17) is 34.8 Å². The van der Waals surface area contributed by atoms with Crippen LogP contribution < -0.4 is 4.90 Å². The fourth-order valence-electron chi connectivity index (χ4n) is 4.88. The number of benzene rings is 2. The van der Waals surface area contributed by atoms with Gasteiger partial charge in [0.25, 0.3) is 5.91 Å². The Bertz CT molecular complexity index is 967. The van der Waals surface area contributed by atoms with Crippen LogP contribution in [0.15, 0.2) is 41.3 Å². The van der Waals surface area contributed by atoms with Crippen molar-refractivity contribution in [3.63, 3.8) is 0 Å². The molecule has 2 fully saturated rings. The normalized spacial score (nSPS) is 18.5. The minimum absolute atomic E-state index is 0.0634. The summed E-state index contributed by atoms with van der Waals surface area (Å²) in [7, 11) is 3.49. The number of nitrogens with zero attached hydrogens (tertiary/aromatic N) is 3. The molecule has 178 valence electrons. The van der Waals surface area contributed by atoms with Crippen LogP contribution >= 0.6 is 46.8 Å². The molecule has 0 atom stereocenters. The number of carbonyl (C=O) groups is 1. The lowest BCUT2D eigenvalue weighted by molar-refractivity contribution is 0.0828. The third-order valence-corrected chi connectivity index (χ3v) is 9.21. The molecule has 2 heterocycles. The van der Waals surface area contributed by atoms with Gasteiger partial charge < -0.3 is 9.80 Å². The largest absolute Gasteiger partial charge is 0.371 e. The molecule has 2 aliphatic rings. The summed E-state index contributed by atoms with van der Waals surface area (Å²) >= 11 is 20.8. The number of halogens is 3. The molecule has 2 saturated heterocycles. The lowest BCUT2D eigenvalue weighted by atomic mass is 9.79. The first-order chi connectivity index (χ1) is 15.8. The highest BCUT2D eigenvalue weighted by Crippen LogP contribution is 2.40. The van der Waals surface area contributed by atoms with Gasteiger partial charge >= 0.3 is 0 Å². The molecule has 0 saturated carbocycles. The van der Waals surface area contributed by atoms with E-state index in [1.165, 1.54) is 25.7 Å². The van der Waals surface area contributed by atoms with Crippen LogP contribution in [0.25, 0.3) is 0 Å². The average Bonchev–Trinajstić information content (AvgIpc) is 2.81. The van der Waals surface area contributed by atoms with Gasteiger partial charge in [-0.15, -0.1) is 0 Å². The van der Waals surface area contributed by atoms with Crippen LogP contribution in [0.5, 0.6) is 0 Å². The van der Waals surface area contributed by atoms with E-state index < -0.39 is 0 Å². The van der Waals surface area contributed by atoms with Crippen molar-refractivity contribution >= 4 is 58.3 Å². The van der Waals surface area contributed by atoms with E-state index in [1.54, 1.807) is 30.9 Å². The maximum Gasteiger partial charge on any atom is 0.254 e. The van der Waals surface area contributed by atoms with Gasteiger partial charge in [0.15, 0.2) is 0 Å². The summed E-state index contributed by atoms with van der Waals surface area (Å²) in [5.74, 6) is 1.48. The van der Waals surface area contributed by atoms with E-state index in [0.717, 1.165) is 58.6 Å². The van der Waals surface area contributed by atoms with Crippen molar-refractivity contribution in [2.24, 2.45) is 11.8 Å². The summed E-state index contributed by atoms with van der Waals surface area (Å²) in [5.41, 5.74) is 1.67. The van der Waals surface area contributed by atoms with Gasteiger partial charge in [0.2, 0.25) is 0 Å². The maximum atomic E-state index is 12.2. The lowest BCUT2D eigenvalue weighted by Gasteiger charge is -2.40. The maximum absolute atomic E-state index is 12.2. The highest BCUT2D eigenvalue weighted by Gasteiger charge is 2.30. The van der Waals surface area contributed by atoms with E-state index in [0.29, 0.717) is 10.6 Å². The van der Waals surface area contributed by atoms with Crippen molar-refractivity contribution in [3.8, 4) is 0 Å². The topological polar surface area (TPSA) is 26.8 Å². The Balaban J connectivity index is 1.28. The number of hydrogen-bond acceptors (Lipinski definition) is 4. The van der Waals surface area contributed by atoms with Crippen LogP contribution in [0.1, 0.15) is 36.0 Å². The Morgan fingerprint density at radius 2 is 1.45 bits per heavy atom. The monoisotopic (exact) mass is 525 g/mol. The third-order valence-electron chi connectivity index (χ3n) is 6.80. The Morgan fingerprint density at radius 3 is 2.00 bits per heavy atom. The van der Waals surface area contributed by atoms with Crippen molar-refractivity contribution < 1.29 is 4.79 Å². The standard InChI is InChI=1S/C25H30Cl3N3OS/c1-29(2)25(32)20-7-6-19(16-23(20)28)30-12-8-17(9-13-30)18-10-14-31(15-11-18)33-24-21(26)4-3-5-22(24)27/h3-7,16-18H,8-15H2,1-2H3. The molecule has 0 unspecified atom stereocenters. The van der Waals surface area contributed by atoms with Gasteiger partial charge in [0.1, 0.15) is 0 Å². The van der Waals surface area contributed by atoms with Crippen LogP contribution in [-0.4, -0.2) is 55.4 Å². The molecule has 0 bridgehead atoms. The zero-order valence-corrected chi connectivity index (χ0v) is 22.2. The Morgan fingerprint density at radius 1 is 0.879 bits per heavy atom. The molecule has 8 heteroatoms. The first-order valence-electron chi connectivity index (χ1n) is 11.5. The number of amides is 1. The quantitative estimate of drug-likeness (QED) is 0.393. The van der Waals surface area contributed by atoms with Crippen LogP contribution in [0.2, 0.25) is 15.1 Å². The van der Waals surface area contributed by atoms with Crippen molar-refractivity contribution in [1.82, 2.24) is 9.21 Å². The zero-order chi connectivity index (χ0) is 23.5. The fourth-order valence-corrected chi connectivity index (χ4v) is 6.70. The van der Waals surface area contributed by atoms with Gasteiger partial charge in [-0.25, -0.2) is 4.31 Å². The van der Waals surface area contributed by atoms with Crippen LogP contribution in [0.3, 0.4) is 0 Å². The first-order valence-corrected chi connectivity index (χ1v) is 13.4. The molecule has 0 aromatic heterocycles. The van der Waals surface area contributed by atoms with Crippen LogP contribution in [0, 0.1) is 11.8 Å². The smallest absolute Gasteiger partial charge is 0.254 e. The molecule has 0 N–H and O–H groups in total. The second-order valence-electron chi connectivity index (χ2n) is 9.10. The summed E-state index contributed by atoms with van der Waals surface area (Å²) in [6.07, 6.45) is 4.83. The molecule has 1 amide bonds. The second-order valence-corrected chi connectivity index (χ2v) is 11.4. The molecule has 2 aromatic carbocycles. The minimum atomic E-state index is -0.0634. The summed E-state index contributed by atoms with van der Waals surface area (Å²) in [6, 6.07) is 11.5. The summed E-state index contributed by atoms with van der Waals surface area (Å²) in [4.78, 5) is 17.2.